The number of halogens is 1. The Bertz CT molecular complexity index is 462. The molecule has 4 nitrogen and oxygen atoms in total. The zero-order valence-corrected chi connectivity index (χ0v) is 12.6. The Labute approximate surface area is 121 Å². The summed E-state index contributed by atoms with van der Waals surface area (Å²) in [7, 11) is 1.64. The standard InChI is InChI=1S/C14H18BrNO3/c1-18-5-3-16-9-13(17)8-11-7-12(15)6-10-2-4-19-14(10)11/h6-7,16H,2-5,8-9H2,1H3. The highest BCUT2D eigenvalue weighted by Crippen LogP contribution is 2.33. The molecule has 1 aromatic carbocycles. The molecular formula is C14H18BrNO3. The Kier molecular flexibility index (Phi) is 5.36. The second kappa shape index (κ2) is 7.03. The SMILES string of the molecule is COCCNCC(=O)Cc1cc(Br)cc2c1OCC2. The summed E-state index contributed by atoms with van der Waals surface area (Å²) in [5, 5.41) is 3.06. The number of benzene rings is 1. The van der Waals surface area contributed by atoms with Gasteiger partial charge in [0.2, 0.25) is 0 Å². The van der Waals surface area contributed by atoms with Gasteiger partial charge in [-0.2, -0.15) is 0 Å². The predicted molar refractivity (Wildman–Crippen MR) is 76.8 cm³/mol. The summed E-state index contributed by atoms with van der Waals surface area (Å²) in [5.74, 6) is 1.06. The van der Waals surface area contributed by atoms with Gasteiger partial charge in [-0.05, 0) is 17.7 Å². The van der Waals surface area contributed by atoms with Crippen molar-refractivity contribution < 1.29 is 14.3 Å². The minimum absolute atomic E-state index is 0.159. The first kappa shape index (κ1) is 14.5. The van der Waals surface area contributed by atoms with Gasteiger partial charge in [-0.15, -0.1) is 0 Å². The summed E-state index contributed by atoms with van der Waals surface area (Å²) in [6.07, 6.45) is 1.32. The van der Waals surface area contributed by atoms with Crippen molar-refractivity contribution in [2.24, 2.45) is 0 Å². The van der Waals surface area contributed by atoms with E-state index in [9.17, 15) is 4.79 Å². The van der Waals surface area contributed by atoms with Gasteiger partial charge in [0.15, 0.2) is 5.78 Å². The maximum Gasteiger partial charge on any atom is 0.151 e. The number of nitrogens with one attached hydrogen (secondary N) is 1. The molecule has 2 rings (SSSR count). The summed E-state index contributed by atoms with van der Waals surface area (Å²) >= 11 is 3.48. The van der Waals surface area contributed by atoms with E-state index in [0.29, 0.717) is 32.7 Å². The van der Waals surface area contributed by atoms with E-state index in [2.05, 4.69) is 27.3 Å². The van der Waals surface area contributed by atoms with Gasteiger partial charge in [-0.1, -0.05) is 15.9 Å². The van der Waals surface area contributed by atoms with E-state index in [1.54, 1.807) is 7.11 Å². The summed E-state index contributed by atoms with van der Waals surface area (Å²) in [5.41, 5.74) is 2.16. The number of ketones is 1. The van der Waals surface area contributed by atoms with Crippen molar-refractivity contribution >= 4 is 21.7 Å². The van der Waals surface area contributed by atoms with Gasteiger partial charge in [0.1, 0.15) is 5.75 Å². The number of hydrogen-bond donors (Lipinski definition) is 1. The van der Waals surface area contributed by atoms with Crippen LogP contribution in [0.25, 0.3) is 0 Å². The molecule has 19 heavy (non-hydrogen) atoms. The van der Waals surface area contributed by atoms with Crippen LogP contribution >= 0.6 is 15.9 Å². The highest BCUT2D eigenvalue weighted by atomic mass is 79.9. The summed E-state index contributed by atoms with van der Waals surface area (Å²) in [6, 6.07) is 4.03. The Morgan fingerprint density at radius 2 is 2.37 bits per heavy atom. The zero-order chi connectivity index (χ0) is 13.7. The molecule has 0 aromatic heterocycles. The van der Waals surface area contributed by atoms with Gasteiger partial charge in [-0.25, -0.2) is 0 Å². The molecule has 5 heteroatoms. The molecule has 0 unspecified atom stereocenters. The van der Waals surface area contributed by atoms with Crippen molar-refractivity contribution in [1.82, 2.24) is 5.32 Å². The first-order chi connectivity index (χ1) is 9.20. The number of methoxy groups -OCH3 is 1. The fraction of sp³-hybridized carbons (Fsp3) is 0.500. The molecule has 0 aliphatic carbocycles. The highest BCUT2D eigenvalue weighted by molar-refractivity contribution is 9.10. The van der Waals surface area contributed by atoms with E-state index in [1.165, 1.54) is 5.56 Å². The molecular weight excluding hydrogens is 310 g/mol. The molecule has 0 spiro atoms. The van der Waals surface area contributed by atoms with E-state index in [-0.39, 0.29) is 5.78 Å². The number of fused-ring (bicyclic) bond motifs is 1. The lowest BCUT2D eigenvalue weighted by molar-refractivity contribution is -0.117. The van der Waals surface area contributed by atoms with Crippen molar-refractivity contribution in [2.75, 3.05) is 33.4 Å². The lowest BCUT2D eigenvalue weighted by atomic mass is 10.0. The number of ether oxygens (including phenoxy) is 2. The van der Waals surface area contributed by atoms with Crippen molar-refractivity contribution in [3.63, 3.8) is 0 Å². The van der Waals surface area contributed by atoms with Crippen LogP contribution in [0.4, 0.5) is 0 Å². The minimum Gasteiger partial charge on any atom is -0.493 e. The van der Waals surface area contributed by atoms with Crippen LogP contribution in [-0.4, -0.2) is 39.2 Å². The molecule has 1 aliphatic heterocycles. The van der Waals surface area contributed by atoms with Crippen LogP contribution in [0.2, 0.25) is 0 Å². The fourth-order valence-electron chi connectivity index (χ4n) is 2.15. The maximum absolute atomic E-state index is 11.9. The maximum atomic E-state index is 11.9. The largest absolute Gasteiger partial charge is 0.493 e. The van der Waals surface area contributed by atoms with Crippen molar-refractivity contribution in [1.29, 1.82) is 0 Å². The van der Waals surface area contributed by atoms with Gasteiger partial charge in [0.05, 0.1) is 19.8 Å². The van der Waals surface area contributed by atoms with Crippen LogP contribution in [-0.2, 0) is 22.4 Å². The van der Waals surface area contributed by atoms with Crippen LogP contribution in [0.15, 0.2) is 16.6 Å². The quantitative estimate of drug-likeness (QED) is 0.775. The molecule has 0 amide bonds. The molecule has 0 bridgehead atoms. The van der Waals surface area contributed by atoms with Crippen LogP contribution < -0.4 is 10.1 Å². The highest BCUT2D eigenvalue weighted by Gasteiger charge is 2.18. The molecule has 1 heterocycles. The number of hydrogen-bond acceptors (Lipinski definition) is 4. The minimum atomic E-state index is 0.159. The lowest BCUT2D eigenvalue weighted by Gasteiger charge is -2.09. The zero-order valence-electron chi connectivity index (χ0n) is 11.0. The first-order valence-corrected chi connectivity index (χ1v) is 7.15. The normalized spacial score (nSPS) is 13.2. The molecule has 0 fully saturated rings. The van der Waals surface area contributed by atoms with Gasteiger partial charge in [0, 0.05) is 36.5 Å². The van der Waals surface area contributed by atoms with Gasteiger partial charge in [0.25, 0.3) is 0 Å². The van der Waals surface area contributed by atoms with Crippen molar-refractivity contribution in [2.45, 2.75) is 12.8 Å². The van der Waals surface area contributed by atoms with Crippen molar-refractivity contribution in [3.8, 4) is 5.75 Å². The van der Waals surface area contributed by atoms with Gasteiger partial charge < -0.3 is 14.8 Å². The average molecular weight is 328 g/mol. The Morgan fingerprint density at radius 1 is 1.53 bits per heavy atom. The summed E-state index contributed by atoms with van der Waals surface area (Å²) in [4.78, 5) is 11.9. The predicted octanol–water partition coefficient (Wildman–Crippen LogP) is 1.73. The smallest absolute Gasteiger partial charge is 0.151 e. The Hall–Kier alpha value is -0.910. The van der Waals surface area contributed by atoms with Crippen LogP contribution in [0, 0.1) is 0 Å². The molecule has 104 valence electrons. The van der Waals surface area contributed by atoms with Gasteiger partial charge >= 0.3 is 0 Å². The topological polar surface area (TPSA) is 47.6 Å². The second-order valence-corrected chi connectivity index (χ2v) is 5.45. The number of rotatable bonds is 7. The number of carbonyl (C=O) groups is 1. The van der Waals surface area contributed by atoms with E-state index >= 15 is 0 Å². The lowest BCUT2D eigenvalue weighted by Crippen LogP contribution is -2.27. The number of carbonyl (C=O) groups excluding carboxylic acids is 1. The van der Waals surface area contributed by atoms with E-state index in [4.69, 9.17) is 9.47 Å². The molecule has 0 radical (unpaired) electrons. The third kappa shape index (κ3) is 4.03. The van der Waals surface area contributed by atoms with Crippen LogP contribution in [0.3, 0.4) is 0 Å². The summed E-state index contributed by atoms with van der Waals surface area (Å²) in [6.45, 7) is 2.38. The van der Waals surface area contributed by atoms with E-state index < -0.39 is 0 Å². The van der Waals surface area contributed by atoms with E-state index in [0.717, 1.165) is 22.2 Å². The molecule has 1 N–H and O–H groups in total. The van der Waals surface area contributed by atoms with Gasteiger partial charge in [-0.3, -0.25) is 4.79 Å². The first-order valence-electron chi connectivity index (χ1n) is 6.36. The fourth-order valence-corrected chi connectivity index (χ4v) is 2.71. The monoisotopic (exact) mass is 327 g/mol. The number of Topliss-reactive ketones (excluding diaryl/α,β-unsaturated/α-hetero) is 1. The molecule has 1 aliphatic rings. The van der Waals surface area contributed by atoms with Crippen LogP contribution in [0.5, 0.6) is 5.75 Å². The average Bonchev–Trinajstić information content (AvgIpc) is 2.82. The Morgan fingerprint density at radius 3 is 3.16 bits per heavy atom. The molecule has 0 atom stereocenters. The van der Waals surface area contributed by atoms with E-state index in [1.807, 2.05) is 6.07 Å². The summed E-state index contributed by atoms with van der Waals surface area (Å²) < 4.78 is 11.5. The van der Waals surface area contributed by atoms with Crippen LogP contribution in [0.1, 0.15) is 11.1 Å². The molecule has 1 aromatic rings. The van der Waals surface area contributed by atoms with Crippen molar-refractivity contribution in [3.05, 3.63) is 27.7 Å². The Balaban J connectivity index is 1.94. The third-order valence-electron chi connectivity index (χ3n) is 3.02. The molecule has 0 saturated carbocycles. The molecule has 0 saturated heterocycles. The second-order valence-electron chi connectivity index (χ2n) is 4.54. The third-order valence-corrected chi connectivity index (χ3v) is 3.48.